The third-order valence-electron chi connectivity index (χ3n) is 5.25. The monoisotopic (exact) mass is 435 g/mol. The van der Waals surface area contributed by atoms with Gasteiger partial charge in [0.15, 0.2) is 5.58 Å². The molecular formula is C20H22ClN3O4S. The summed E-state index contributed by atoms with van der Waals surface area (Å²) in [6.45, 7) is 2.77. The Morgan fingerprint density at radius 2 is 1.72 bits per heavy atom. The molecule has 1 aliphatic heterocycles. The molecule has 1 fully saturated rings. The first-order chi connectivity index (χ1) is 13.9. The van der Waals surface area contributed by atoms with Crippen molar-refractivity contribution in [3.05, 3.63) is 64.1 Å². The molecule has 0 unspecified atom stereocenters. The maximum atomic E-state index is 12.5. The SMILES string of the molecule is O=c1oc2ccccc2n1CCN1CCC(NS(=O)(=O)c2ccc(Cl)cc2)CC1. The molecule has 0 amide bonds. The van der Waals surface area contributed by atoms with Crippen molar-refractivity contribution in [1.29, 1.82) is 0 Å². The zero-order valence-corrected chi connectivity index (χ0v) is 17.3. The number of para-hydroxylation sites is 2. The van der Waals surface area contributed by atoms with Gasteiger partial charge >= 0.3 is 5.76 Å². The van der Waals surface area contributed by atoms with Crippen LogP contribution >= 0.6 is 11.6 Å². The minimum atomic E-state index is -3.56. The Labute approximate surface area is 173 Å². The van der Waals surface area contributed by atoms with Crippen LogP contribution in [0.25, 0.3) is 11.1 Å². The minimum Gasteiger partial charge on any atom is -0.408 e. The first-order valence-electron chi connectivity index (χ1n) is 9.51. The molecule has 1 aliphatic rings. The number of benzene rings is 2. The number of hydrogen-bond acceptors (Lipinski definition) is 5. The van der Waals surface area contributed by atoms with E-state index in [-0.39, 0.29) is 16.7 Å². The molecule has 7 nitrogen and oxygen atoms in total. The summed E-state index contributed by atoms with van der Waals surface area (Å²) in [5.41, 5.74) is 1.39. The molecule has 0 atom stereocenters. The largest absolute Gasteiger partial charge is 0.419 e. The molecule has 29 heavy (non-hydrogen) atoms. The fraction of sp³-hybridized carbons (Fsp3) is 0.350. The number of halogens is 1. The molecule has 1 N–H and O–H groups in total. The Kier molecular flexibility index (Phi) is 5.78. The Hall–Kier alpha value is -2.13. The van der Waals surface area contributed by atoms with E-state index in [0.717, 1.165) is 18.6 Å². The van der Waals surface area contributed by atoms with Gasteiger partial charge in [-0.3, -0.25) is 4.57 Å². The number of nitrogens with zero attached hydrogens (tertiary/aromatic N) is 2. The maximum Gasteiger partial charge on any atom is 0.419 e. The van der Waals surface area contributed by atoms with E-state index >= 15 is 0 Å². The van der Waals surface area contributed by atoms with Crippen molar-refractivity contribution in [3.8, 4) is 0 Å². The van der Waals surface area contributed by atoms with Gasteiger partial charge in [0.25, 0.3) is 0 Å². The Balaban J connectivity index is 1.32. The zero-order chi connectivity index (χ0) is 20.4. The van der Waals surface area contributed by atoms with E-state index in [4.69, 9.17) is 16.0 Å². The Morgan fingerprint density at radius 3 is 2.45 bits per heavy atom. The van der Waals surface area contributed by atoms with Crippen LogP contribution in [0.4, 0.5) is 0 Å². The van der Waals surface area contributed by atoms with Crippen molar-refractivity contribution in [2.75, 3.05) is 19.6 Å². The van der Waals surface area contributed by atoms with E-state index in [9.17, 15) is 13.2 Å². The summed E-state index contributed by atoms with van der Waals surface area (Å²) < 4.78 is 34.7. The first kappa shape index (κ1) is 20.2. The van der Waals surface area contributed by atoms with Crippen LogP contribution in [0.3, 0.4) is 0 Å². The predicted molar refractivity (Wildman–Crippen MR) is 112 cm³/mol. The third-order valence-corrected chi connectivity index (χ3v) is 7.04. The number of likely N-dealkylation sites (tertiary alicyclic amines) is 1. The quantitative estimate of drug-likeness (QED) is 0.643. The molecule has 154 valence electrons. The van der Waals surface area contributed by atoms with Gasteiger partial charge in [-0.15, -0.1) is 0 Å². The van der Waals surface area contributed by atoms with Crippen molar-refractivity contribution in [2.45, 2.75) is 30.3 Å². The van der Waals surface area contributed by atoms with Crippen LogP contribution in [0.15, 0.2) is 62.6 Å². The maximum absolute atomic E-state index is 12.5. The van der Waals surface area contributed by atoms with Gasteiger partial charge in [-0.2, -0.15) is 0 Å². The van der Waals surface area contributed by atoms with E-state index in [0.29, 0.717) is 36.5 Å². The molecular weight excluding hydrogens is 414 g/mol. The van der Waals surface area contributed by atoms with Crippen LogP contribution in [0.5, 0.6) is 0 Å². The highest BCUT2D eigenvalue weighted by Crippen LogP contribution is 2.18. The average Bonchev–Trinajstić information content (AvgIpc) is 3.02. The molecule has 2 heterocycles. The number of oxazole rings is 1. The minimum absolute atomic E-state index is 0.107. The van der Waals surface area contributed by atoms with Crippen LogP contribution in [-0.4, -0.2) is 43.6 Å². The van der Waals surface area contributed by atoms with Crippen molar-refractivity contribution >= 4 is 32.7 Å². The van der Waals surface area contributed by atoms with Gasteiger partial charge < -0.3 is 9.32 Å². The smallest absolute Gasteiger partial charge is 0.408 e. The fourth-order valence-electron chi connectivity index (χ4n) is 3.64. The normalized spacial score (nSPS) is 16.4. The second kappa shape index (κ2) is 8.31. The molecule has 0 radical (unpaired) electrons. The lowest BCUT2D eigenvalue weighted by atomic mass is 10.1. The molecule has 1 saturated heterocycles. The Bertz CT molecular complexity index is 1150. The second-order valence-electron chi connectivity index (χ2n) is 7.18. The Morgan fingerprint density at radius 1 is 1.03 bits per heavy atom. The van der Waals surface area contributed by atoms with Gasteiger partial charge in [0.2, 0.25) is 10.0 Å². The van der Waals surface area contributed by atoms with E-state index in [1.807, 2.05) is 18.2 Å². The lowest BCUT2D eigenvalue weighted by Crippen LogP contribution is -2.45. The van der Waals surface area contributed by atoms with Gasteiger partial charge in [0.1, 0.15) is 0 Å². The highest BCUT2D eigenvalue weighted by Gasteiger charge is 2.24. The number of hydrogen-bond donors (Lipinski definition) is 1. The number of piperidine rings is 1. The summed E-state index contributed by atoms with van der Waals surface area (Å²) in [4.78, 5) is 14.5. The van der Waals surface area contributed by atoms with Gasteiger partial charge in [0, 0.05) is 24.2 Å². The number of nitrogens with one attached hydrogen (secondary N) is 1. The van der Waals surface area contributed by atoms with E-state index in [1.165, 1.54) is 12.1 Å². The lowest BCUT2D eigenvalue weighted by Gasteiger charge is -2.32. The highest BCUT2D eigenvalue weighted by molar-refractivity contribution is 7.89. The molecule has 1 aromatic heterocycles. The molecule has 0 saturated carbocycles. The van der Waals surface area contributed by atoms with Gasteiger partial charge in [-0.05, 0) is 62.3 Å². The van der Waals surface area contributed by atoms with Crippen LogP contribution in [-0.2, 0) is 16.6 Å². The lowest BCUT2D eigenvalue weighted by molar-refractivity contribution is 0.200. The number of fused-ring (bicyclic) bond motifs is 1. The predicted octanol–water partition coefficient (Wildman–Crippen LogP) is 2.69. The summed E-state index contributed by atoms with van der Waals surface area (Å²) in [6.07, 6.45) is 1.43. The van der Waals surface area contributed by atoms with E-state index in [2.05, 4.69) is 9.62 Å². The molecule has 0 spiro atoms. The number of rotatable bonds is 6. The number of aromatic nitrogens is 1. The molecule has 3 aromatic rings. The topological polar surface area (TPSA) is 84.6 Å². The highest BCUT2D eigenvalue weighted by atomic mass is 35.5. The molecule has 9 heteroatoms. The summed E-state index contributed by atoms with van der Waals surface area (Å²) in [5, 5.41) is 0.502. The van der Waals surface area contributed by atoms with Crippen molar-refractivity contribution < 1.29 is 12.8 Å². The van der Waals surface area contributed by atoms with Gasteiger partial charge in [-0.25, -0.2) is 17.9 Å². The fourth-order valence-corrected chi connectivity index (χ4v) is 5.07. The number of sulfonamides is 1. The van der Waals surface area contributed by atoms with Crippen molar-refractivity contribution in [2.24, 2.45) is 0 Å². The van der Waals surface area contributed by atoms with Crippen molar-refractivity contribution in [1.82, 2.24) is 14.2 Å². The molecule has 0 aliphatic carbocycles. The average molecular weight is 436 g/mol. The molecule has 2 aromatic carbocycles. The van der Waals surface area contributed by atoms with E-state index in [1.54, 1.807) is 22.8 Å². The summed E-state index contributed by atoms with van der Waals surface area (Å²) >= 11 is 5.83. The van der Waals surface area contributed by atoms with E-state index < -0.39 is 10.0 Å². The standard InChI is InChI=1S/C20H22ClN3O4S/c21-15-5-7-17(8-6-15)29(26,27)22-16-9-11-23(12-10-16)13-14-24-18-3-1-2-4-19(18)28-20(24)25/h1-8,16,22H,9-14H2. The zero-order valence-electron chi connectivity index (χ0n) is 15.8. The third kappa shape index (κ3) is 4.56. The molecule has 0 bridgehead atoms. The van der Waals surface area contributed by atoms with Gasteiger partial charge in [0.05, 0.1) is 10.4 Å². The summed E-state index contributed by atoms with van der Waals surface area (Å²) in [7, 11) is -3.56. The van der Waals surface area contributed by atoms with Crippen LogP contribution in [0, 0.1) is 0 Å². The summed E-state index contributed by atoms with van der Waals surface area (Å²) in [5.74, 6) is -0.350. The van der Waals surface area contributed by atoms with Crippen molar-refractivity contribution in [3.63, 3.8) is 0 Å². The van der Waals surface area contributed by atoms with Gasteiger partial charge in [-0.1, -0.05) is 23.7 Å². The molecule has 4 rings (SSSR count). The van der Waals surface area contributed by atoms with Crippen LogP contribution in [0.2, 0.25) is 5.02 Å². The first-order valence-corrected chi connectivity index (χ1v) is 11.4. The summed E-state index contributed by atoms with van der Waals surface area (Å²) in [6, 6.07) is 13.4. The van der Waals surface area contributed by atoms with Crippen LogP contribution < -0.4 is 10.5 Å². The van der Waals surface area contributed by atoms with Crippen LogP contribution in [0.1, 0.15) is 12.8 Å². The second-order valence-corrected chi connectivity index (χ2v) is 9.33.